The molecule has 6 nitrogen and oxygen atoms in total. The van der Waals surface area contributed by atoms with Crippen molar-refractivity contribution in [2.24, 2.45) is 0 Å². The highest BCUT2D eigenvalue weighted by Gasteiger charge is 2.21. The lowest BCUT2D eigenvalue weighted by Crippen LogP contribution is -2.35. The average molecular weight is 276 g/mol. The monoisotopic (exact) mass is 275 g/mol. The van der Waals surface area contributed by atoms with Crippen molar-refractivity contribution in [2.45, 2.75) is 13.0 Å². The summed E-state index contributed by atoms with van der Waals surface area (Å²) in [6.45, 7) is 1.51. The molecule has 1 aromatic carbocycles. The van der Waals surface area contributed by atoms with Gasteiger partial charge in [-0.05, 0) is 13.0 Å². The van der Waals surface area contributed by atoms with Crippen LogP contribution in [0.4, 0.5) is 15.8 Å². The van der Waals surface area contributed by atoms with Crippen LogP contribution >= 0.6 is 11.6 Å². The first-order chi connectivity index (χ1) is 8.36. The zero-order valence-electron chi connectivity index (χ0n) is 9.66. The quantitative estimate of drug-likeness (QED) is 0.649. The molecule has 0 spiro atoms. The molecule has 8 heteroatoms. The van der Waals surface area contributed by atoms with Crippen LogP contribution in [0.1, 0.15) is 6.92 Å². The van der Waals surface area contributed by atoms with Gasteiger partial charge in [0, 0.05) is 7.05 Å². The summed E-state index contributed by atoms with van der Waals surface area (Å²) in [4.78, 5) is 21.3. The Morgan fingerprint density at radius 3 is 2.67 bits per heavy atom. The molecule has 0 aliphatic heterocycles. The Hall–Kier alpha value is -1.89. The highest BCUT2D eigenvalue weighted by atomic mass is 35.5. The number of hydrogen-bond donors (Lipinski definition) is 2. The third-order valence-electron chi connectivity index (χ3n) is 2.25. The topological polar surface area (TPSA) is 84.3 Å². The molecule has 18 heavy (non-hydrogen) atoms. The first kappa shape index (κ1) is 14.2. The molecule has 0 saturated carbocycles. The third-order valence-corrected chi connectivity index (χ3v) is 2.54. The Morgan fingerprint density at radius 2 is 2.17 bits per heavy atom. The van der Waals surface area contributed by atoms with Crippen molar-refractivity contribution in [2.75, 3.05) is 12.4 Å². The van der Waals surface area contributed by atoms with Gasteiger partial charge in [-0.25, -0.2) is 4.39 Å². The fourth-order valence-electron chi connectivity index (χ4n) is 1.32. The second-order valence-corrected chi connectivity index (χ2v) is 3.93. The van der Waals surface area contributed by atoms with Gasteiger partial charge in [0.25, 0.3) is 5.69 Å². The van der Waals surface area contributed by atoms with Crippen molar-refractivity contribution >= 4 is 28.9 Å². The van der Waals surface area contributed by atoms with Crippen LogP contribution in [0.3, 0.4) is 0 Å². The minimum atomic E-state index is -0.887. The maximum absolute atomic E-state index is 13.1. The van der Waals surface area contributed by atoms with Crippen molar-refractivity contribution in [1.82, 2.24) is 5.32 Å². The summed E-state index contributed by atoms with van der Waals surface area (Å²) in [7, 11) is 1.44. The smallest absolute Gasteiger partial charge is 0.295 e. The minimum absolute atomic E-state index is 0.0116. The van der Waals surface area contributed by atoms with Crippen molar-refractivity contribution in [3.63, 3.8) is 0 Å². The number of nitrogens with zero attached hydrogens (tertiary/aromatic N) is 1. The number of carbonyl (C=O) groups excluding carboxylic acids is 1. The van der Waals surface area contributed by atoms with Gasteiger partial charge in [0.1, 0.15) is 17.5 Å². The predicted octanol–water partition coefficient (Wildman–Crippen LogP) is 1.93. The van der Waals surface area contributed by atoms with E-state index in [9.17, 15) is 19.3 Å². The van der Waals surface area contributed by atoms with Crippen LogP contribution in [0.2, 0.25) is 5.02 Å². The Morgan fingerprint density at radius 1 is 1.56 bits per heavy atom. The van der Waals surface area contributed by atoms with Gasteiger partial charge in [0.2, 0.25) is 5.91 Å². The van der Waals surface area contributed by atoms with E-state index in [4.69, 9.17) is 11.6 Å². The lowest BCUT2D eigenvalue weighted by Gasteiger charge is -2.14. The van der Waals surface area contributed by atoms with E-state index in [2.05, 4.69) is 10.6 Å². The molecule has 1 unspecified atom stereocenters. The van der Waals surface area contributed by atoms with Crippen LogP contribution < -0.4 is 10.6 Å². The Kier molecular flexibility index (Phi) is 4.43. The number of rotatable bonds is 4. The van der Waals surface area contributed by atoms with E-state index in [1.165, 1.54) is 14.0 Å². The molecule has 1 rings (SSSR count). The molecule has 1 atom stereocenters. The van der Waals surface area contributed by atoms with E-state index in [-0.39, 0.29) is 16.6 Å². The molecule has 0 aliphatic rings. The molecule has 98 valence electrons. The minimum Gasteiger partial charge on any atom is -0.368 e. The van der Waals surface area contributed by atoms with Crippen molar-refractivity contribution < 1.29 is 14.1 Å². The van der Waals surface area contributed by atoms with Crippen LogP contribution in [0, 0.1) is 15.9 Å². The number of nitrogens with one attached hydrogen (secondary N) is 2. The molecule has 2 N–H and O–H groups in total. The van der Waals surface area contributed by atoms with Gasteiger partial charge in [-0.3, -0.25) is 14.9 Å². The highest BCUT2D eigenvalue weighted by molar-refractivity contribution is 6.31. The summed E-state index contributed by atoms with van der Waals surface area (Å²) in [5.74, 6) is -1.24. The average Bonchev–Trinajstić information content (AvgIpc) is 2.31. The molecule has 1 amide bonds. The number of nitro groups is 1. The maximum atomic E-state index is 13.1. The molecule has 0 fully saturated rings. The Bertz CT molecular complexity index is 496. The summed E-state index contributed by atoms with van der Waals surface area (Å²) in [6.07, 6.45) is 0. The summed E-state index contributed by atoms with van der Waals surface area (Å²) in [6, 6.07) is 1.07. The number of nitro benzene ring substituents is 1. The number of carbonyl (C=O) groups is 1. The molecule has 0 aromatic heterocycles. The van der Waals surface area contributed by atoms with Gasteiger partial charge >= 0.3 is 0 Å². The fourth-order valence-corrected chi connectivity index (χ4v) is 1.48. The van der Waals surface area contributed by atoms with E-state index >= 15 is 0 Å². The summed E-state index contributed by atoms with van der Waals surface area (Å²) in [5, 5.41) is 15.5. The van der Waals surface area contributed by atoms with Gasteiger partial charge in [0.05, 0.1) is 16.0 Å². The number of anilines is 1. The van der Waals surface area contributed by atoms with E-state index in [0.717, 1.165) is 6.07 Å². The van der Waals surface area contributed by atoms with Gasteiger partial charge < -0.3 is 10.6 Å². The zero-order valence-corrected chi connectivity index (χ0v) is 10.4. The largest absolute Gasteiger partial charge is 0.368 e. The number of benzene rings is 1. The SMILES string of the molecule is CNC(=O)C(C)Nc1cc(Cl)c(F)cc1[N+](=O)[O-]. The fraction of sp³-hybridized carbons (Fsp3) is 0.300. The van der Waals surface area contributed by atoms with Gasteiger partial charge in [-0.1, -0.05) is 11.6 Å². The van der Waals surface area contributed by atoms with E-state index in [1.807, 2.05) is 0 Å². The lowest BCUT2D eigenvalue weighted by atomic mass is 10.2. The normalized spacial score (nSPS) is 11.8. The predicted molar refractivity (Wildman–Crippen MR) is 65.2 cm³/mol. The molecule has 0 saturated heterocycles. The molecular weight excluding hydrogens is 265 g/mol. The van der Waals surface area contributed by atoms with E-state index < -0.39 is 22.5 Å². The number of likely N-dealkylation sites (N-methyl/N-ethyl adjacent to an activating group) is 1. The van der Waals surface area contributed by atoms with E-state index in [1.54, 1.807) is 0 Å². The number of amides is 1. The van der Waals surface area contributed by atoms with Gasteiger partial charge in [-0.2, -0.15) is 0 Å². The maximum Gasteiger partial charge on any atom is 0.295 e. The second kappa shape index (κ2) is 5.63. The summed E-state index contributed by atoms with van der Waals surface area (Å²) in [5.41, 5.74) is -0.491. The standard InChI is InChI=1S/C10H11ClFN3O3/c1-5(10(16)13-2)14-8-3-6(11)7(12)4-9(8)15(17)18/h3-5,14H,1-2H3,(H,13,16). The third kappa shape index (κ3) is 3.07. The zero-order chi connectivity index (χ0) is 13.9. The Balaban J connectivity index is 3.11. The van der Waals surface area contributed by atoms with Gasteiger partial charge in [-0.15, -0.1) is 0 Å². The first-order valence-corrected chi connectivity index (χ1v) is 5.36. The first-order valence-electron chi connectivity index (χ1n) is 4.98. The Labute approximate surface area is 107 Å². The molecule has 1 aromatic rings. The number of hydrogen-bond acceptors (Lipinski definition) is 4. The molecule has 0 heterocycles. The summed E-state index contributed by atoms with van der Waals surface area (Å²) < 4.78 is 13.1. The molecule has 0 radical (unpaired) electrons. The molecule has 0 aliphatic carbocycles. The molecular formula is C10H11ClFN3O3. The van der Waals surface area contributed by atoms with Crippen LogP contribution in [-0.4, -0.2) is 23.9 Å². The van der Waals surface area contributed by atoms with Crippen molar-refractivity contribution in [3.8, 4) is 0 Å². The van der Waals surface area contributed by atoms with Crippen molar-refractivity contribution in [1.29, 1.82) is 0 Å². The highest BCUT2D eigenvalue weighted by Crippen LogP contribution is 2.30. The molecule has 0 bridgehead atoms. The summed E-state index contributed by atoms with van der Waals surface area (Å²) >= 11 is 5.55. The van der Waals surface area contributed by atoms with Crippen LogP contribution in [0.5, 0.6) is 0 Å². The second-order valence-electron chi connectivity index (χ2n) is 3.52. The number of halogens is 2. The lowest BCUT2D eigenvalue weighted by molar-refractivity contribution is -0.384. The van der Waals surface area contributed by atoms with Crippen LogP contribution in [-0.2, 0) is 4.79 Å². The van der Waals surface area contributed by atoms with Gasteiger partial charge in [0.15, 0.2) is 0 Å². The van der Waals surface area contributed by atoms with Crippen LogP contribution in [0.25, 0.3) is 0 Å². The van der Waals surface area contributed by atoms with E-state index in [0.29, 0.717) is 6.07 Å². The van der Waals surface area contributed by atoms with Crippen molar-refractivity contribution in [3.05, 3.63) is 33.1 Å². The van der Waals surface area contributed by atoms with Crippen LogP contribution in [0.15, 0.2) is 12.1 Å².